The number of aliphatic carboxylic acids is 1. The normalized spacial score (nSPS) is 17.7. The Kier molecular flexibility index (Phi) is 7.57. The monoisotopic (exact) mass is 409 g/mol. The summed E-state index contributed by atoms with van der Waals surface area (Å²) in [4.78, 5) is 37.3. The van der Waals surface area contributed by atoms with Crippen molar-refractivity contribution in [2.24, 2.45) is 0 Å². The van der Waals surface area contributed by atoms with Crippen molar-refractivity contribution in [1.29, 1.82) is 0 Å². The molecule has 1 aliphatic rings. The summed E-state index contributed by atoms with van der Waals surface area (Å²) in [6.45, 7) is 0.770. The number of rotatable bonds is 9. The van der Waals surface area contributed by atoms with E-state index in [9.17, 15) is 19.5 Å². The van der Waals surface area contributed by atoms with Crippen LogP contribution in [0.5, 0.6) is 0 Å². The molecular formula is C23H27N3O4. The second kappa shape index (κ2) is 10.5. The highest BCUT2D eigenvalue weighted by molar-refractivity contribution is 5.92. The fourth-order valence-electron chi connectivity index (χ4n) is 3.56. The topological polar surface area (TPSA) is 108 Å². The maximum absolute atomic E-state index is 13.0. The maximum Gasteiger partial charge on any atom is 0.326 e. The fraction of sp³-hybridized carbons (Fsp3) is 0.348. The molecule has 0 bridgehead atoms. The van der Waals surface area contributed by atoms with Gasteiger partial charge in [0.15, 0.2) is 0 Å². The molecule has 3 atom stereocenters. The number of nitrogens with one attached hydrogen (secondary N) is 3. The number of carboxylic acids is 1. The maximum atomic E-state index is 13.0. The highest BCUT2D eigenvalue weighted by Gasteiger charge is 2.30. The lowest BCUT2D eigenvalue weighted by Crippen LogP contribution is -2.55. The molecule has 2 aromatic rings. The standard InChI is InChI=1S/C23H27N3O4/c27-21(18-12-7-13-24-18)25-19(14-16-8-3-1-4-9-16)22(28)26-20(23(29)30)15-17-10-5-2-6-11-17/h1-6,8-11,18-20,24H,7,12-15H2,(H,25,27)(H,26,28)(H,29,30)/t18-,19-,20-/m0/s1. The Labute approximate surface area is 175 Å². The van der Waals surface area contributed by atoms with Crippen molar-refractivity contribution in [3.05, 3.63) is 71.8 Å². The number of hydrogen-bond donors (Lipinski definition) is 4. The van der Waals surface area contributed by atoms with Crippen molar-refractivity contribution < 1.29 is 19.5 Å². The summed E-state index contributed by atoms with van der Waals surface area (Å²) < 4.78 is 0. The number of hydrogen-bond acceptors (Lipinski definition) is 4. The molecule has 2 aromatic carbocycles. The van der Waals surface area contributed by atoms with Gasteiger partial charge in [-0.2, -0.15) is 0 Å². The van der Waals surface area contributed by atoms with Crippen LogP contribution in [-0.2, 0) is 27.2 Å². The van der Waals surface area contributed by atoms with Crippen LogP contribution in [0.15, 0.2) is 60.7 Å². The Hall–Kier alpha value is -3.19. The van der Waals surface area contributed by atoms with Crippen LogP contribution in [0.3, 0.4) is 0 Å². The zero-order chi connectivity index (χ0) is 21.3. The molecule has 0 radical (unpaired) electrons. The van der Waals surface area contributed by atoms with Crippen LogP contribution in [0.25, 0.3) is 0 Å². The van der Waals surface area contributed by atoms with Gasteiger partial charge in [0.05, 0.1) is 6.04 Å². The van der Waals surface area contributed by atoms with E-state index < -0.39 is 24.0 Å². The van der Waals surface area contributed by atoms with Crippen LogP contribution in [-0.4, -0.2) is 47.6 Å². The lowest BCUT2D eigenvalue weighted by Gasteiger charge is -2.23. The predicted octanol–water partition coefficient (Wildman–Crippen LogP) is 1.28. The summed E-state index contributed by atoms with van der Waals surface area (Å²) in [5.41, 5.74) is 1.69. The number of benzene rings is 2. The summed E-state index contributed by atoms with van der Waals surface area (Å²) in [5.74, 6) is -1.86. The van der Waals surface area contributed by atoms with Gasteiger partial charge in [-0.1, -0.05) is 60.7 Å². The van der Waals surface area contributed by atoms with E-state index in [1.54, 1.807) is 0 Å². The molecule has 4 N–H and O–H groups in total. The average Bonchev–Trinajstić information content (AvgIpc) is 3.29. The molecule has 1 saturated heterocycles. The predicted molar refractivity (Wildman–Crippen MR) is 113 cm³/mol. The lowest BCUT2D eigenvalue weighted by molar-refractivity contribution is -0.142. The molecule has 0 unspecified atom stereocenters. The van der Waals surface area contributed by atoms with Crippen molar-refractivity contribution in [1.82, 2.24) is 16.0 Å². The van der Waals surface area contributed by atoms with Crippen LogP contribution in [0.4, 0.5) is 0 Å². The molecule has 2 amide bonds. The molecule has 30 heavy (non-hydrogen) atoms. The van der Waals surface area contributed by atoms with Gasteiger partial charge in [0, 0.05) is 12.8 Å². The van der Waals surface area contributed by atoms with E-state index >= 15 is 0 Å². The Bertz CT molecular complexity index is 851. The molecule has 1 aliphatic heterocycles. The van der Waals surface area contributed by atoms with Crippen molar-refractivity contribution in [2.75, 3.05) is 6.54 Å². The van der Waals surface area contributed by atoms with Gasteiger partial charge in [0.25, 0.3) is 0 Å². The van der Waals surface area contributed by atoms with Crippen LogP contribution >= 0.6 is 0 Å². The second-order valence-electron chi connectivity index (χ2n) is 7.49. The van der Waals surface area contributed by atoms with Crippen molar-refractivity contribution in [3.63, 3.8) is 0 Å². The third-order valence-corrected chi connectivity index (χ3v) is 5.19. The van der Waals surface area contributed by atoms with E-state index in [1.807, 2.05) is 60.7 Å². The summed E-state index contributed by atoms with van der Waals surface area (Å²) in [6, 6.07) is 16.2. The molecule has 0 aliphatic carbocycles. The minimum Gasteiger partial charge on any atom is -0.480 e. The number of carboxylic acid groups (broad SMARTS) is 1. The number of carbonyl (C=O) groups is 3. The van der Waals surface area contributed by atoms with Crippen molar-refractivity contribution >= 4 is 17.8 Å². The van der Waals surface area contributed by atoms with Gasteiger partial charge in [-0.3, -0.25) is 9.59 Å². The Morgan fingerprint density at radius 1 is 0.900 bits per heavy atom. The van der Waals surface area contributed by atoms with Gasteiger partial charge in [-0.05, 0) is 30.5 Å². The number of amides is 2. The van der Waals surface area contributed by atoms with Crippen LogP contribution < -0.4 is 16.0 Å². The largest absolute Gasteiger partial charge is 0.480 e. The zero-order valence-corrected chi connectivity index (χ0v) is 16.7. The van der Waals surface area contributed by atoms with Gasteiger partial charge in [0.2, 0.25) is 11.8 Å². The highest BCUT2D eigenvalue weighted by Crippen LogP contribution is 2.09. The van der Waals surface area contributed by atoms with Gasteiger partial charge >= 0.3 is 5.97 Å². The SMILES string of the molecule is O=C(O)[C@H](Cc1ccccc1)NC(=O)[C@H](Cc1ccccc1)NC(=O)[C@@H]1CCCN1. The first-order chi connectivity index (χ1) is 14.5. The minimum atomic E-state index is -1.12. The smallest absolute Gasteiger partial charge is 0.326 e. The average molecular weight is 409 g/mol. The highest BCUT2D eigenvalue weighted by atomic mass is 16.4. The summed E-state index contributed by atoms with van der Waals surface area (Å²) in [6.07, 6.45) is 2.07. The third-order valence-electron chi connectivity index (χ3n) is 5.19. The fourth-order valence-corrected chi connectivity index (χ4v) is 3.56. The number of carbonyl (C=O) groups excluding carboxylic acids is 2. The molecule has 158 valence electrons. The quantitative estimate of drug-likeness (QED) is 0.499. The molecular weight excluding hydrogens is 382 g/mol. The molecule has 7 nitrogen and oxygen atoms in total. The first kappa shape index (κ1) is 21.5. The summed E-state index contributed by atoms with van der Waals surface area (Å²) in [5, 5.41) is 18.1. The molecule has 1 fully saturated rings. The molecule has 7 heteroatoms. The van der Waals surface area contributed by atoms with Crippen molar-refractivity contribution in [2.45, 2.75) is 43.8 Å². The summed E-state index contributed by atoms with van der Waals surface area (Å²) >= 11 is 0. The molecule has 0 saturated carbocycles. The van der Waals surface area contributed by atoms with Gasteiger partial charge < -0.3 is 21.1 Å². The van der Waals surface area contributed by atoms with Gasteiger partial charge in [0.1, 0.15) is 12.1 Å². The molecule has 0 aromatic heterocycles. The van der Waals surface area contributed by atoms with Crippen LogP contribution in [0.1, 0.15) is 24.0 Å². The van der Waals surface area contributed by atoms with Crippen LogP contribution in [0.2, 0.25) is 0 Å². The van der Waals surface area contributed by atoms with Crippen molar-refractivity contribution in [3.8, 4) is 0 Å². The van der Waals surface area contributed by atoms with E-state index in [4.69, 9.17) is 0 Å². The van der Waals surface area contributed by atoms with Gasteiger partial charge in [-0.15, -0.1) is 0 Å². The first-order valence-electron chi connectivity index (χ1n) is 10.2. The lowest BCUT2D eigenvalue weighted by atomic mass is 10.0. The van der Waals surface area contributed by atoms with E-state index in [1.165, 1.54) is 0 Å². The minimum absolute atomic E-state index is 0.165. The molecule has 0 spiro atoms. The Balaban J connectivity index is 1.71. The molecule has 3 rings (SSSR count). The Morgan fingerprint density at radius 2 is 1.47 bits per heavy atom. The van der Waals surface area contributed by atoms with Crippen LogP contribution in [0, 0.1) is 0 Å². The zero-order valence-electron chi connectivity index (χ0n) is 16.7. The third kappa shape index (κ3) is 6.15. The summed E-state index contributed by atoms with van der Waals surface area (Å²) in [7, 11) is 0. The van der Waals surface area contributed by atoms with E-state index in [0.29, 0.717) is 0 Å². The van der Waals surface area contributed by atoms with E-state index in [2.05, 4.69) is 16.0 Å². The van der Waals surface area contributed by atoms with E-state index in [0.717, 1.165) is 30.5 Å². The van der Waals surface area contributed by atoms with E-state index in [-0.39, 0.29) is 24.8 Å². The first-order valence-corrected chi connectivity index (χ1v) is 10.2. The second-order valence-corrected chi connectivity index (χ2v) is 7.49. The molecule has 1 heterocycles. The van der Waals surface area contributed by atoms with Gasteiger partial charge in [-0.25, -0.2) is 4.79 Å². The Morgan fingerprint density at radius 3 is 1.97 bits per heavy atom.